The van der Waals surface area contributed by atoms with Gasteiger partial charge >= 0.3 is 0 Å². The maximum Gasteiger partial charge on any atom is 0.120 e. The molecule has 0 heterocycles. The van der Waals surface area contributed by atoms with Crippen molar-refractivity contribution >= 4 is 10.8 Å². The Kier molecular flexibility index (Phi) is 7.03. The van der Waals surface area contributed by atoms with Crippen LogP contribution in [0.2, 0.25) is 0 Å². The van der Waals surface area contributed by atoms with Gasteiger partial charge in [-0.25, -0.2) is 0 Å². The fourth-order valence-corrected chi connectivity index (χ4v) is 3.93. The minimum atomic E-state index is 0.543. The van der Waals surface area contributed by atoms with Crippen molar-refractivity contribution in [3.63, 3.8) is 0 Å². The van der Waals surface area contributed by atoms with E-state index in [1.165, 1.54) is 43.1 Å². The quantitative estimate of drug-likeness (QED) is 0.396. The minimum Gasteiger partial charge on any atom is -0.493 e. The van der Waals surface area contributed by atoms with E-state index in [1.807, 2.05) is 24.3 Å². The van der Waals surface area contributed by atoms with E-state index in [9.17, 15) is 0 Å². The van der Waals surface area contributed by atoms with Gasteiger partial charge in [0.15, 0.2) is 0 Å². The maximum absolute atomic E-state index is 6.06. The summed E-state index contributed by atoms with van der Waals surface area (Å²) >= 11 is 0. The van der Waals surface area contributed by atoms with Gasteiger partial charge in [0.05, 0.1) is 19.8 Å². The lowest BCUT2D eigenvalue weighted by Gasteiger charge is -2.21. The third kappa shape index (κ3) is 5.98. The standard InChI is InChI=1S/C26H30O3/c1-3-7-21(8-4-1)19-27-15-16-28-25-13-11-24-18-26(14-12-23(24)17-25)29-20-22-9-5-2-6-10-22/h1,3-4,7-8,11-14,17-18,22H,2,5-6,9-10,15-16,19-20H2. The molecule has 0 bridgehead atoms. The second kappa shape index (κ2) is 10.3. The lowest BCUT2D eigenvalue weighted by atomic mass is 9.90. The molecule has 0 radical (unpaired) electrons. The van der Waals surface area contributed by atoms with Crippen molar-refractivity contribution in [2.24, 2.45) is 5.92 Å². The van der Waals surface area contributed by atoms with E-state index in [1.54, 1.807) is 0 Å². The van der Waals surface area contributed by atoms with E-state index >= 15 is 0 Å². The number of hydrogen-bond donors (Lipinski definition) is 0. The van der Waals surface area contributed by atoms with Gasteiger partial charge in [-0.15, -0.1) is 0 Å². The van der Waals surface area contributed by atoms with Crippen LogP contribution in [0.25, 0.3) is 10.8 Å². The van der Waals surface area contributed by atoms with E-state index in [4.69, 9.17) is 14.2 Å². The van der Waals surface area contributed by atoms with Crippen LogP contribution in [0.1, 0.15) is 37.7 Å². The average Bonchev–Trinajstić information content (AvgIpc) is 2.79. The summed E-state index contributed by atoms with van der Waals surface area (Å²) in [4.78, 5) is 0. The summed E-state index contributed by atoms with van der Waals surface area (Å²) in [5.41, 5.74) is 1.18. The number of hydrogen-bond acceptors (Lipinski definition) is 3. The molecule has 4 rings (SSSR count). The second-order valence-electron chi connectivity index (χ2n) is 7.87. The van der Waals surface area contributed by atoms with E-state index in [0.29, 0.717) is 19.8 Å². The summed E-state index contributed by atoms with van der Waals surface area (Å²) in [5, 5.41) is 2.34. The van der Waals surface area contributed by atoms with Crippen LogP contribution in [0.3, 0.4) is 0 Å². The van der Waals surface area contributed by atoms with Gasteiger partial charge in [0.1, 0.15) is 18.1 Å². The van der Waals surface area contributed by atoms with Crippen LogP contribution in [0.15, 0.2) is 66.7 Å². The van der Waals surface area contributed by atoms with Gasteiger partial charge in [-0.05, 0) is 59.4 Å². The average molecular weight is 391 g/mol. The van der Waals surface area contributed by atoms with Crippen LogP contribution >= 0.6 is 0 Å². The molecule has 0 saturated heterocycles. The van der Waals surface area contributed by atoms with Gasteiger partial charge in [0.25, 0.3) is 0 Å². The van der Waals surface area contributed by atoms with Crippen molar-refractivity contribution in [2.45, 2.75) is 38.7 Å². The zero-order valence-electron chi connectivity index (χ0n) is 17.0. The Bertz CT molecular complexity index is 885. The van der Waals surface area contributed by atoms with Gasteiger partial charge < -0.3 is 14.2 Å². The van der Waals surface area contributed by atoms with Crippen LogP contribution in [-0.2, 0) is 11.3 Å². The molecule has 0 amide bonds. The van der Waals surface area contributed by atoms with Crippen molar-refractivity contribution < 1.29 is 14.2 Å². The zero-order valence-corrected chi connectivity index (χ0v) is 17.0. The summed E-state index contributed by atoms with van der Waals surface area (Å²) < 4.78 is 17.6. The van der Waals surface area contributed by atoms with Crippen molar-refractivity contribution in [2.75, 3.05) is 19.8 Å². The molecule has 3 nitrogen and oxygen atoms in total. The summed E-state index contributed by atoms with van der Waals surface area (Å²) in [6.07, 6.45) is 6.71. The number of fused-ring (bicyclic) bond motifs is 1. The summed E-state index contributed by atoms with van der Waals surface area (Å²) in [7, 11) is 0. The van der Waals surface area contributed by atoms with Gasteiger partial charge in [0, 0.05) is 0 Å². The highest BCUT2D eigenvalue weighted by Crippen LogP contribution is 2.27. The fourth-order valence-electron chi connectivity index (χ4n) is 3.93. The van der Waals surface area contributed by atoms with Gasteiger partial charge in [0.2, 0.25) is 0 Å². The largest absolute Gasteiger partial charge is 0.493 e. The number of benzene rings is 3. The molecule has 1 aliphatic carbocycles. The summed E-state index contributed by atoms with van der Waals surface area (Å²) in [6.45, 7) is 2.57. The van der Waals surface area contributed by atoms with Gasteiger partial charge in [-0.2, -0.15) is 0 Å². The molecule has 0 aromatic heterocycles. The van der Waals surface area contributed by atoms with Crippen LogP contribution < -0.4 is 9.47 Å². The zero-order chi connectivity index (χ0) is 19.7. The lowest BCUT2D eigenvalue weighted by molar-refractivity contribution is 0.0890. The predicted molar refractivity (Wildman–Crippen MR) is 118 cm³/mol. The van der Waals surface area contributed by atoms with Crippen LogP contribution in [-0.4, -0.2) is 19.8 Å². The van der Waals surface area contributed by atoms with E-state index in [-0.39, 0.29) is 0 Å². The first kappa shape index (κ1) is 19.8. The molecule has 1 fully saturated rings. The summed E-state index contributed by atoms with van der Waals surface area (Å²) in [6, 6.07) is 22.7. The molecular formula is C26H30O3. The SMILES string of the molecule is c1ccc(COCCOc2ccc3cc(OCC4CCCCC4)ccc3c2)cc1. The highest BCUT2D eigenvalue weighted by Gasteiger charge is 2.14. The molecule has 1 saturated carbocycles. The molecule has 152 valence electrons. The minimum absolute atomic E-state index is 0.543. The van der Waals surface area contributed by atoms with Gasteiger partial charge in [-0.3, -0.25) is 0 Å². The Labute approximate surface area is 173 Å². The molecule has 3 aromatic carbocycles. The highest BCUT2D eigenvalue weighted by atomic mass is 16.5. The van der Waals surface area contributed by atoms with Crippen molar-refractivity contribution in [3.05, 3.63) is 72.3 Å². The number of ether oxygens (including phenoxy) is 3. The second-order valence-corrected chi connectivity index (χ2v) is 7.87. The Morgan fingerprint density at radius 1 is 0.690 bits per heavy atom. The Morgan fingerprint density at radius 3 is 2.10 bits per heavy atom. The van der Waals surface area contributed by atoms with Gasteiger partial charge in [-0.1, -0.05) is 61.7 Å². The van der Waals surface area contributed by atoms with Crippen molar-refractivity contribution in [1.82, 2.24) is 0 Å². The Morgan fingerprint density at radius 2 is 1.38 bits per heavy atom. The third-order valence-electron chi connectivity index (χ3n) is 5.60. The molecule has 3 aromatic rings. The Balaban J connectivity index is 1.24. The highest BCUT2D eigenvalue weighted by molar-refractivity contribution is 5.85. The topological polar surface area (TPSA) is 27.7 Å². The normalized spacial score (nSPS) is 14.8. The molecule has 0 unspecified atom stereocenters. The Hall–Kier alpha value is -2.52. The maximum atomic E-state index is 6.06. The first-order chi connectivity index (χ1) is 14.4. The molecule has 0 atom stereocenters. The molecule has 0 N–H and O–H groups in total. The van der Waals surface area contributed by atoms with Crippen LogP contribution in [0.4, 0.5) is 0 Å². The summed E-state index contributed by atoms with van der Waals surface area (Å²) in [5.74, 6) is 2.56. The first-order valence-corrected chi connectivity index (χ1v) is 10.8. The van der Waals surface area contributed by atoms with Crippen molar-refractivity contribution in [3.8, 4) is 11.5 Å². The van der Waals surface area contributed by atoms with E-state index in [0.717, 1.165) is 29.4 Å². The van der Waals surface area contributed by atoms with Crippen LogP contribution in [0.5, 0.6) is 11.5 Å². The lowest BCUT2D eigenvalue weighted by Crippen LogP contribution is -2.15. The van der Waals surface area contributed by atoms with E-state index in [2.05, 4.69) is 42.5 Å². The molecule has 29 heavy (non-hydrogen) atoms. The molecule has 0 aliphatic heterocycles. The molecule has 3 heteroatoms. The molecule has 0 spiro atoms. The smallest absolute Gasteiger partial charge is 0.120 e. The predicted octanol–water partition coefficient (Wildman–Crippen LogP) is 6.39. The monoisotopic (exact) mass is 390 g/mol. The number of rotatable bonds is 9. The molecular weight excluding hydrogens is 360 g/mol. The third-order valence-corrected chi connectivity index (χ3v) is 5.60. The van der Waals surface area contributed by atoms with Crippen LogP contribution in [0, 0.1) is 5.92 Å². The fraction of sp³-hybridized carbons (Fsp3) is 0.385. The first-order valence-electron chi connectivity index (χ1n) is 10.8. The van der Waals surface area contributed by atoms with Crippen molar-refractivity contribution in [1.29, 1.82) is 0 Å². The van der Waals surface area contributed by atoms with E-state index < -0.39 is 0 Å². The molecule has 1 aliphatic rings.